The van der Waals surface area contributed by atoms with Crippen LogP contribution in [0.5, 0.6) is 0 Å². The molecule has 2 N–H and O–H groups in total. The van der Waals surface area contributed by atoms with E-state index < -0.39 is 5.54 Å². The molecule has 0 radical (unpaired) electrons. The monoisotopic (exact) mass is 222 g/mol. The lowest BCUT2D eigenvalue weighted by atomic mass is 10.00. The van der Waals surface area contributed by atoms with Gasteiger partial charge in [-0.05, 0) is 19.4 Å². The average molecular weight is 222 g/mol. The van der Waals surface area contributed by atoms with Crippen molar-refractivity contribution in [1.82, 2.24) is 9.97 Å². The zero-order valence-corrected chi connectivity index (χ0v) is 9.66. The Hall–Kier alpha value is -1.12. The highest BCUT2D eigenvalue weighted by atomic mass is 32.2. The second-order valence-corrected chi connectivity index (χ2v) is 5.10. The van der Waals surface area contributed by atoms with Crippen LogP contribution in [-0.4, -0.2) is 20.8 Å². The van der Waals surface area contributed by atoms with Gasteiger partial charge in [0.15, 0.2) is 5.16 Å². The van der Waals surface area contributed by atoms with Gasteiger partial charge in [0.1, 0.15) is 5.54 Å². The predicted molar refractivity (Wildman–Crippen MR) is 60.2 cm³/mol. The first-order valence-corrected chi connectivity index (χ1v) is 5.55. The molecular formula is C10H14N4S. The third kappa shape index (κ3) is 4.28. The van der Waals surface area contributed by atoms with Gasteiger partial charge in [-0.1, -0.05) is 18.7 Å². The van der Waals surface area contributed by atoms with Gasteiger partial charge in [-0.15, -0.1) is 0 Å². The van der Waals surface area contributed by atoms with Crippen molar-refractivity contribution < 1.29 is 0 Å². The van der Waals surface area contributed by atoms with Crippen LogP contribution in [0.1, 0.15) is 20.3 Å². The molecule has 0 aliphatic rings. The lowest BCUT2D eigenvalue weighted by molar-refractivity contribution is 0.545. The lowest BCUT2D eigenvalue weighted by Crippen LogP contribution is -2.36. The summed E-state index contributed by atoms with van der Waals surface area (Å²) in [5, 5.41) is 9.74. The van der Waals surface area contributed by atoms with Gasteiger partial charge >= 0.3 is 0 Å². The summed E-state index contributed by atoms with van der Waals surface area (Å²) in [5.41, 5.74) is 4.98. The van der Waals surface area contributed by atoms with Crippen LogP contribution < -0.4 is 5.73 Å². The van der Waals surface area contributed by atoms with E-state index in [0.717, 1.165) is 5.16 Å². The Morgan fingerprint density at radius 2 is 2.20 bits per heavy atom. The van der Waals surface area contributed by atoms with Crippen molar-refractivity contribution in [3.63, 3.8) is 0 Å². The number of nitrogens with two attached hydrogens (primary N) is 1. The Kier molecular flexibility index (Phi) is 4.06. The Labute approximate surface area is 93.9 Å². The van der Waals surface area contributed by atoms with Gasteiger partial charge in [-0.2, -0.15) is 5.26 Å². The van der Waals surface area contributed by atoms with Crippen molar-refractivity contribution in [2.24, 2.45) is 5.73 Å². The van der Waals surface area contributed by atoms with Gasteiger partial charge in [0.05, 0.1) is 6.07 Å². The molecule has 2 unspecified atom stereocenters. The molecule has 0 spiro atoms. The Balaban J connectivity index is 2.51. The summed E-state index contributed by atoms with van der Waals surface area (Å²) in [7, 11) is 0. The van der Waals surface area contributed by atoms with Crippen LogP contribution in [0.15, 0.2) is 23.6 Å². The molecule has 0 saturated carbocycles. The maximum absolute atomic E-state index is 8.79. The van der Waals surface area contributed by atoms with E-state index in [1.54, 1.807) is 25.4 Å². The maximum atomic E-state index is 8.79. The average Bonchev–Trinajstić information content (AvgIpc) is 2.18. The van der Waals surface area contributed by atoms with Gasteiger partial charge in [0.2, 0.25) is 0 Å². The summed E-state index contributed by atoms with van der Waals surface area (Å²) >= 11 is 1.53. The minimum absolute atomic E-state index is 0.224. The van der Waals surface area contributed by atoms with Crippen molar-refractivity contribution in [2.75, 3.05) is 0 Å². The number of thioether (sulfide) groups is 1. The fourth-order valence-corrected chi connectivity index (χ4v) is 2.24. The SMILES string of the molecule is CC(CC(C)(N)C#N)Sc1ncccn1. The van der Waals surface area contributed by atoms with E-state index in [4.69, 9.17) is 11.0 Å². The Morgan fingerprint density at radius 1 is 1.60 bits per heavy atom. The minimum Gasteiger partial charge on any atom is -0.314 e. The van der Waals surface area contributed by atoms with Crippen molar-refractivity contribution in [3.05, 3.63) is 18.5 Å². The number of rotatable bonds is 4. The zero-order chi connectivity index (χ0) is 11.3. The van der Waals surface area contributed by atoms with Gasteiger partial charge in [0.25, 0.3) is 0 Å². The van der Waals surface area contributed by atoms with Crippen molar-refractivity contribution in [3.8, 4) is 6.07 Å². The summed E-state index contributed by atoms with van der Waals surface area (Å²) in [5.74, 6) is 0. The molecule has 80 valence electrons. The zero-order valence-electron chi connectivity index (χ0n) is 8.84. The molecule has 15 heavy (non-hydrogen) atoms. The van der Waals surface area contributed by atoms with Crippen LogP contribution in [0.3, 0.4) is 0 Å². The highest BCUT2D eigenvalue weighted by Gasteiger charge is 2.21. The predicted octanol–water partition coefficient (Wildman–Crippen LogP) is 1.59. The van der Waals surface area contributed by atoms with E-state index in [0.29, 0.717) is 6.42 Å². The van der Waals surface area contributed by atoms with Crippen molar-refractivity contribution in [2.45, 2.75) is 36.2 Å². The first-order chi connectivity index (χ1) is 7.03. The number of aromatic nitrogens is 2. The second kappa shape index (κ2) is 5.10. The third-order valence-electron chi connectivity index (χ3n) is 1.82. The first kappa shape index (κ1) is 12.0. The first-order valence-electron chi connectivity index (χ1n) is 4.67. The van der Waals surface area contributed by atoms with Crippen LogP contribution >= 0.6 is 11.8 Å². The number of hydrogen-bond acceptors (Lipinski definition) is 5. The largest absolute Gasteiger partial charge is 0.314 e. The standard InChI is InChI=1S/C10H14N4S/c1-8(6-10(2,12)7-11)15-9-13-4-3-5-14-9/h3-5,8H,6,12H2,1-2H3. The van der Waals surface area contributed by atoms with Crippen LogP contribution in [0.4, 0.5) is 0 Å². The quantitative estimate of drug-likeness (QED) is 0.618. The van der Waals surface area contributed by atoms with Gasteiger partial charge in [-0.3, -0.25) is 0 Å². The number of nitriles is 1. The van der Waals surface area contributed by atoms with Gasteiger partial charge in [0, 0.05) is 17.6 Å². The van der Waals surface area contributed by atoms with E-state index >= 15 is 0 Å². The molecule has 0 aliphatic carbocycles. The second-order valence-electron chi connectivity index (χ2n) is 3.69. The normalized spacial score (nSPS) is 16.4. The van der Waals surface area contributed by atoms with E-state index in [1.807, 2.05) is 6.92 Å². The van der Waals surface area contributed by atoms with Gasteiger partial charge in [-0.25, -0.2) is 9.97 Å². The van der Waals surface area contributed by atoms with E-state index in [9.17, 15) is 0 Å². The highest BCUT2D eigenvalue weighted by Crippen LogP contribution is 2.24. The molecule has 5 heteroatoms. The molecular weight excluding hydrogens is 208 g/mol. The Morgan fingerprint density at radius 3 is 2.73 bits per heavy atom. The van der Waals surface area contributed by atoms with Crippen LogP contribution in [-0.2, 0) is 0 Å². The van der Waals surface area contributed by atoms with E-state index in [1.165, 1.54) is 11.8 Å². The summed E-state index contributed by atoms with van der Waals surface area (Å²) in [4.78, 5) is 8.21. The smallest absolute Gasteiger partial charge is 0.187 e. The fourth-order valence-electron chi connectivity index (χ4n) is 1.21. The summed E-state index contributed by atoms with van der Waals surface area (Å²) in [6, 6.07) is 3.86. The molecule has 1 aromatic rings. The fraction of sp³-hybridized carbons (Fsp3) is 0.500. The summed E-state index contributed by atoms with van der Waals surface area (Å²) < 4.78 is 0. The lowest BCUT2D eigenvalue weighted by Gasteiger charge is -2.19. The molecule has 0 bridgehead atoms. The molecule has 0 amide bonds. The third-order valence-corrected chi connectivity index (χ3v) is 2.81. The van der Waals surface area contributed by atoms with Crippen LogP contribution in [0.25, 0.3) is 0 Å². The van der Waals surface area contributed by atoms with Crippen LogP contribution in [0, 0.1) is 11.3 Å². The highest BCUT2D eigenvalue weighted by molar-refractivity contribution is 7.99. The van der Waals surface area contributed by atoms with Gasteiger partial charge < -0.3 is 5.73 Å². The Bertz CT molecular complexity index is 344. The molecule has 0 aliphatic heterocycles. The molecule has 1 aromatic heterocycles. The van der Waals surface area contributed by atoms with Crippen molar-refractivity contribution in [1.29, 1.82) is 5.26 Å². The van der Waals surface area contributed by atoms with E-state index in [-0.39, 0.29) is 5.25 Å². The van der Waals surface area contributed by atoms with Crippen molar-refractivity contribution >= 4 is 11.8 Å². The van der Waals surface area contributed by atoms with Crippen LogP contribution in [0.2, 0.25) is 0 Å². The topological polar surface area (TPSA) is 75.6 Å². The molecule has 0 saturated heterocycles. The molecule has 4 nitrogen and oxygen atoms in total. The van der Waals surface area contributed by atoms with E-state index in [2.05, 4.69) is 16.0 Å². The summed E-state index contributed by atoms with van der Waals surface area (Å²) in [6.45, 7) is 3.75. The molecule has 1 heterocycles. The molecule has 0 aromatic carbocycles. The number of nitrogens with zero attached hydrogens (tertiary/aromatic N) is 3. The molecule has 1 rings (SSSR count). The molecule has 0 fully saturated rings. The molecule has 2 atom stereocenters. The number of hydrogen-bond donors (Lipinski definition) is 1. The summed E-state index contributed by atoms with van der Waals surface area (Å²) in [6.07, 6.45) is 4.02. The maximum Gasteiger partial charge on any atom is 0.187 e. The minimum atomic E-state index is -0.777.